The summed E-state index contributed by atoms with van der Waals surface area (Å²) in [5.41, 5.74) is 6.79. The van der Waals surface area contributed by atoms with E-state index in [2.05, 4.69) is 31.6 Å². The van der Waals surface area contributed by atoms with Crippen LogP contribution in [0.3, 0.4) is 0 Å². The molecule has 0 spiro atoms. The van der Waals surface area contributed by atoms with Gasteiger partial charge in [-0.1, -0.05) is 45.7 Å². The Labute approximate surface area is 132 Å². The van der Waals surface area contributed by atoms with Gasteiger partial charge < -0.3 is 0 Å². The fourth-order valence-corrected chi connectivity index (χ4v) is 2.85. The first-order valence-electron chi connectivity index (χ1n) is 8.06. The third-order valence-electron chi connectivity index (χ3n) is 4.28. The molecule has 0 atom stereocenters. The minimum absolute atomic E-state index is 0.0600. The average Bonchev–Trinajstić information content (AvgIpc) is 2.97. The maximum atomic E-state index is 12.0. The van der Waals surface area contributed by atoms with E-state index in [-0.39, 0.29) is 17.2 Å². The van der Waals surface area contributed by atoms with Gasteiger partial charge in [0.25, 0.3) is 5.91 Å². The van der Waals surface area contributed by atoms with Gasteiger partial charge in [0.05, 0.1) is 0 Å². The molecule has 0 unspecified atom stereocenters. The van der Waals surface area contributed by atoms with Gasteiger partial charge in [0.2, 0.25) is 5.91 Å². The van der Waals surface area contributed by atoms with Gasteiger partial charge in [-0.05, 0) is 41.9 Å². The molecule has 2 amide bonds. The van der Waals surface area contributed by atoms with Crippen LogP contribution in [0.2, 0.25) is 0 Å². The van der Waals surface area contributed by atoms with Crippen molar-refractivity contribution in [2.75, 3.05) is 0 Å². The summed E-state index contributed by atoms with van der Waals surface area (Å²) in [5, 5.41) is 0. The standard InChI is InChI=1S/C18H26N2O2/c1-18(2,3)15-10-8-14(9-11-15)17(22)20-19-16(21)12-13-6-4-5-7-13/h8-11,13H,4-7,12H2,1-3H3,(H,19,21)(H,20,22). The van der Waals surface area contributed by atoms with Crippen molar-refractivity contribution in [1.82, 2.24) is 10.9 Å². The summed E-state index contributed by atoms with van der Waals surface area (Å²) >= 11 is 0. The molecule has 1 aromatic rings. The second kappa shape index (κ2) is 6.95. The molecule has 1 aliphatic carbocycles. The van der Waals surface area contributed by atoms with Crippen molar-refractivity contribution >= 4 is 11.8 Å². The van der Waals surface area contributed by atoms with Crippen molar-refractivity contribution in [3.05, 3.63) is 35.4 Å². The Kier molecular flexibility index (Phi) is 5.22. The third-order valence-corrected chi connectivity index (χ3v) is 4.28. The molecule has 22 heavy (non-hydrogen) atoms. The Hall–Kier alpha value is -1.84. The van der Waals surface area contributed by atoms with Crippen LogP contribution < -0.4 is 10.9 Å². The monoisotopic (exact) mass is 302 g/mol. The average molecular weight is 302 g/mol. The highest BCUT2D eigenvalue weighted by atomic mass is 16.2. The number of benzene rings is 1. The molecule has 120 valence electrons. The summed E-state index contributed by atoms with van der Waals surface area (Å²) in [7, 11) is 0. The van der Waals surface area contributed by atoms with Gasteiger partial charge in [0, 0.05) is 12.0 Å². The predicted octanol–water partition coefficient (Wildman–Crippen LogP) is 3.33. The van der Waals surface area contributed by atoms with Gasteiger partial charge in [0.1, 0.15) is 0 Å². The van der Waals surface area contributed by atoms with Crippen LogP contribution in [0.1, 0.15) is 68.8 Å². The minimum Gasteiger partial charge on any atom is -0.273 e. The summed E-state index contributed by atoms with van der Waals surface area (Å²) < 4.78 is 0. The molecule has 1 fully saturated rings. The highest BCUT2D eigenvalue weighted by molar-refractivity contribution is 5.95. The molecule has 0 aromatic heterocycles. The molecule has 0 saturated heterocycles. The molecule has 2 rings (SSSR count). The van der Waals surface area contributed by atoms with Gasteiger partial charge in [0.15, 0.2) is 0 Å². The fourth-order valence-electron chi connectivity index (χ4n) is 2.85. The van der Waals surface area contributed by atoms with Crippen molar-refractivity contribution in [2.24, 2.45) is 5.92 Å². The molecule has 0 aliphatic heterocycles. The van der Waals surface area contributed by atoms with E-state index >= 15 is 0 Å². The van der Waals surface area contributed by atoms with E-state index in [4.69, 9.17) is 0 Å². The summed E-state index contributed by atoms with van der Waals surface area (Å²) in [5.74, 6) is 0.0924. The summed E-state index contributed by atoms with van der Waals surface area (Å²) in [6, 6.07) is 7.49. The fraction of sp³-hybridized carbons (Fsp3) is 0.556. The van der Waals surface area contributed by atoms with Crippen molar-refractivity contribution in [2.45, 2.75) is 58.3 Å². The van der Waals surface area contributed by atoms with Gasteiger partial charge in [-0.15, -0.1) is 0 Å². The molecular weight excluding hydrogens is 276 g/mol. The Morgan fingerprint density at radius 1 is 1.05 bits per heavy atom. The molecule has 2 N–H and O–H groups in total. The van der Waals surface area contributed by atoms with Crippen LogP contribution in [0.15, 0.2) is 24.3 Å². The number of rotatable bonds is 3. The van der Waals surface area contributed by atoms with E-state index < -0.39 is 0 Å². The summed E-state index contributed by atoms with van der Waals surface area (Å²) in [6.07, 6.45) is 5.17. The topological polar surface area (TPSA) is 58.2 Å². The number of nitrogens with one attached hydrogen (secondary N) is 2. The molecule has 1 saturated carbocycles. The van der Waals surface area contributed by atoms with E-state index in [0.29, 0.717) is 17.9 Å². The molecule has 0 radical (unpaired) electrons. The molecule has 1 aliphatic rings. The van der Waals surface area contributed by atoms with E-state index in [1.807, 2.05) is 12.1 Å². The van der Waals surface area contributed by atoms with Crippen LogP contribution in [-0.2, 0) is 10.2 Å². The van der Waals surface area contributed by atoms with Crippen LogP contribution in [0.4, 0.5) is 0 Å². The van der Waals surface area contributed by atoms with E-state index in [0.717, 1.165) is 12.8 Å². The lowest BCUT2D eigenvalue weighted by molar-refractivity contribution is -0.122. The zero-order valence-corrected chi connectivity index (χ0v) is 13.7. The number of hydrogen-bond donors (Lipinski definition) is 2. The highest BCUT2D eigenvalue weighted by Gasteiger charge is 2.19. The zero-order chi connectivity index (χ0) is 16.2. The lowest BCUT2D eigenvalue weighted by atomic mass is 9.87. The first-order chi connectivity index (χ1) is 10.4. The van der Waals surface area contributed by atoms with Crippen LogP contribution in [-0.4, -0.2) is 11.8 Å². The maximum absolute atomic E-state index is 12.0. The molecule has 4 nitrogen and oxygen atoms in total. The van der Waals surface area contributed by atoms with Gasteiger partial charge in [-0.2, -0.15) is 0 Å². The highest BCUT2D eigenvalue weighted by Crippen LogP contribution is 2.27. The van der Waals surface area contributed by atoms with Crippen LogP contribution in [0.25, 0.3) is 0 Å². The van der Waals surface area contributed by atoms with Crippen molar-refractivity contribution in [1.29, 1.82) is 0 Å². The SMILES string of the molecule is CC(C)(C)c1ccc(C(=O)NNC(=O)CC2CCCC2)cc1. The molecule has 0 heterocycles. The first-order valence-corrected chi connectivity index (χ1v) is 8.06. The number of carbonyl (C=O) groups is 2. The number of carbonyl (C=O) groups excluding carboxylic acids is 2. The van der Waals surface area contributed by atoms with Gasteiger partial charge >= 0.3 is 0 Å². The Morgan fingerprint density at radius 3 is 2.18 bits per heavy atom. The molecular formula is C18H26N2O2. The second-order valence-electron chi connectivity index (χ2n) is 7.18. The van der Waals surface area contributed by atoms with Crippen LogP contribution in [0, 0.1) is 5.92 Å². The maximum Gasteiger partial charge on any atom is 0.269 e. The van der Waals surface area contributed by atoms with Gasteiger partial charge in [-0.25, -0.2) is 0 Å². The zero-order valence-electron chi connectivity index (χ0n) is 13.7. The third kappa shape index (κ3) is 4.58. The Morgan fingerprint density at radius 2 is 1.64 bits per heavy atom. The second-order valence-corrected chi connectivity index (χ2v) is 7.18. The van der Waals surface area contributed by atoms with E-state index in [1.54, 1.807) is 12.1 Å². The smallest absolute Gasteiger partial charge is 0.269 e. The minimum atomic E-state index is -0.278. The van der Waals surface area contributed by atoms with Crippen LogP contribution in [0.5, 0.6) is 0 Å². The lowest BCUT2D eigenvalue weighted by Crippen LogP contribution is -2.42. The van der Waals surface area contributed by atoms with Crippen molar-refractivity contribution in [3.63, 3.8) is 0 Å². The predicted molar refractivity (Wildman–Crippen MR) is 87.3 cm³/mol. The molecule has 4 heteroatoms. The Balaban J connectivity index is 1.82. The summed E-state index contributed by atoms with van der Waals surface area (Å²) in [6.45, 7) is 6.39. The quantitative estimate of drug-likeness (QED) is 0.841. The molecule has 0 bridgehead atoms. The number of amides is 2. The summed E-state index contributed by atoms with van der Waals surface area (Å²) in [4.78, 5) is 23.8. The van der Waals surface area contributed by atoms with Crippen molar-refractivity contribution in [3.8, 4) is 0 Å². The van der Waals surface area contributed by atoms with Crippen LogP contribution >= 0.6 is 0 Å². The lowest BCUT2D eigenvalue weighted by Gasteiger charge is -2.19. The normalized spacial score (nSPS) is 15.6. The number of hydrazine groups is 1. The van der Waals surface area contributed by atoms with Crippen molar-refractivity contribution < 1.29 is 9.59 Å². The number of hydrogen-bond acceptors (Lipinski definition) is 2. The van der Waals surface area contributed by atoms with E-state index in [9.17, 15) is 9.59 Å². The first kappa shape index (κ1) is 16.5. The Bertz CT molecular complexity index is 523. The molecule has 1 aromatic carbocycles. The largest absolute Gasteiger partial charge is 0.273 e. The van der Waals surface area contributed by atoms with Gasteiger partial charge in [-0.3, -0.25) is 20.4 Å². The van der Waals surface area contributed by atoms with E-state index in [1.165, 1.54) is 18.4 Å².